The zero-order valence-corrected chi connectivity index (χ0v) is 19.4. The van der Waals surface area contributed by atoms with E-state index < -0.39 is 51.5 Å². The number of halogens is 3. The molecule has 4 fully saturated rings. The fourth-order valence-electron chi connectivity index (χ4n) is 6.63. The molecule has 184 valence electrons. The van der Waals surface area contributed by atoms with Crippen LogP contribution in [0.4, 0.5) is 13.2 Å². The second-order valence-corrected chi connectivity index (χ2v) is 11.6. The minimum atomic E-state index is -4.67. The maximum absolute atomic E-state index is 13.9. The third-order valence-electron chi connectivity index (χ3n) is 7.70. The molecule has 1 aromatic carbocycles. The van der Waals surface area contributed by atoms with Crippen molar-refractivity contribution in [2.45, 2.75) is 57.7 Å². The van der Waals surface area contributed by atoms with Gasteiger partial charge in [0.05, 0.1) is 11.1 Å². The Bertz CT molecular complexity index is 990. The van der Waals surface area contributed by atoms with Crippen LogP contribution in [-0.4, -0.2) is 36.9 Å². The molecule has 0 aliphatic heterocycles. The highest BCUT2D eigenvalue weighted by atomic mass is 32.2. The number of alkyl halides is 3. The lowest BCUT2D eigenvalue weighted by Crippen LogP contribution is -2.63. The molecular weight excluding hydrogens is 461 g/mol. The average Bonchev–Trinajstić information content (AvgIpc) is 2.68. The van der Waals surface area contributed by atoms with Gasteiger partial charge in [-0.05, 0) is 79.9 Å². The van der Waals surface area contributed by atoms with E-state index in [4.69, 9.17) is 14.0 Å². The van der Waals surface area contributed by atoms with Crippen molar-refractivity contribution in [2.75, 3.05) is 12.4 Å². The third kappa shape index (κ3) is 4.73. The Hall–Kier alpha value is -1.81. The van der Waals surface area contributed by atoms with Gasteiger partial charge < -0.3 is 9.47 Å². The van der Waals surface area contributed by atoms with Gasteiger partial charge in [-0.25, -0.2) is 4.79 Å². The van der Waals surface area contributed by atoms with Crippen LogP contribution in [0.25, 0.3) is 0 Å². The van der Waals surface area contributed by atoms with Crippen molar-refractivity contribution >= 4 is 16.1 Å². The first-order valence-electron chi connectivity index (χ1n) is 11.3. The quantitative estimate of drug-likeness (QED) is 0.428. The van der Waals surface area contributed by atoms with E-state index in [1.807, 2.05) is 13.8 Å². The van der Waals surface area contributed by atoms with Crippen LogP contribution in [0.1, 0.15) is 61.9 Å². The first-order chi connectivity index (χ1) is 15.3. The number of esters is 1. The molecule has 5 rings (SSSR count). The summed E-state index contributed by atoms with van der Waals surface area (Å²) in [4.78, 5) is 12.4. The molecule has 0 unspecified atom stereocenters. The topological polar surface area (TPSA) is 89.9 Å². The zero-order chi connectivity index (χ0) is 24.2. The van der Waals surface area contributed by atoms with Crippen molar-refractivity contribution in [3.05, 3.63) is 29.3 Å². The molecule has 1 N–H and O–H groups in total. The van der Waals surface area contributed by atoms with Gasteiger partial charge in [-0.1, -0.05) is 13.8 Å². The second-order valence-electron chi connectivity index (χ2n) is 10.0. The Morgan fingerprint density at radius 1 is 1.12 bits per heavy atom. The Labute approximate surface area is 191 Å². The summed E-state index contributed by atoms with van der Waals surface area (Å²) in [7, 11) is -4.33. The highest BCUT2D eigenvalue weighted by Gasteiger charge is 2.60. The van der Waals surface area contributed by atoms with Gasteiger partial charge in [0, 0.05) is 0 Å². The number of hydrogen-bond donors (Lipinski definition) is 1. The molecule has 10 heteroatoms. The van der Waals surface area contributed by atoms with Crippen molar-refractivity contribution in [1.29, 1.82) is 0 Å². The molecule has 0 amide bonds. The number of benzene rings is 1. The van der Waals surface area contributed by atoms with Crippen molar-refractivity contribution in [1.82, 2.24) is 0 Å². The fourth-order valence-corrected chi connectivity index (χ4v) is 6.92. The number of carbonyl (C=O) groups is 1. The van der Waals surface area contributed by atoms with Gasteiger partial charge in [0.15, 0.2) is 0 Å². The van der Waals surface area contributed by atoms with E-state index in [-0.39, 0.29) is 23.3 Å². The van der Waals surface area contributed by atoms with Crippen LogP contribution in [0, 0.1) is 29.6 Å². The first-order valence-corrected chi connectivity index (χ1v) is 12.9. The van der Waals surface area contributed by atoms with Crippen LogP contribution in [0.2, 0.25) is 0 Å². The summed E-state index contributed by atoms with van der Waals surface area (Å²) in [6.07, 6.45) is 0.314. The van der Waals surface area contributed by atoms with E-state index in [1.54, 1.807) is 0 Å². The van der Waals surface area contributed by atoms with Crippen molar-refractivity contribution in [2.24, 2.45) is 29.6 Å². The number of carbonyl (C=O) groups excluding carboxylic acids is 1. The summed E-state index contributed by atoms with van der Waals surface area (Å²) in [5, 5.41) is 0. The minimum Gasteiger partial charge on any atom is -0.486 e. The van der Waals surface area contributed by atoms with Crippen LogP contribution >= 0.6 is 0 Å². The highest BCUT2D eigenvalue weighted by molar-refractivity contribution is 7.85. The number of ether oxygens (including phenoxy) is 2. The molecule has 6 nitrogen and oxygen atoms in total. The molecule has 0 aromatic heterocycles. The Morgan fingerprint density at radius 3 is 2.18 bits per heavy atom. The fraction of sp³-hybridized carbons (Fsp3) is 0.696. The second kappa shape index (κ2) is 8.45. The summed E-state index contributed by atoms with van der Waals surface area (Å²) in [6, 6.07) is 2.84. The number of rotatable bonds is 7. The summed E-state index contributed by atoms with van der Waals surface area (Å²) in [5.41, 5.74) is -1.86. The number of hydrogen-bond acceptors (Lipinski definition) is 5. The van der Waals surface area contributed by atoms with Crippen molar-refractivity contribution in [3.63, 3.8) is 0 Å². The molecule has 0 saturated heterocycles. The van der Waals surface area contributed by atoms with Crippen LogP contribution in [0.3, 0.4) is 0 Å². The predicted molar refractivity (Wildman–Crippen MR) is 113 cm³/mol. The minimum absolute atomic E-state index is 0.0149. The molecule has 33 heavy (non-hydrogen) atoms. The average molecular weight is 491 g/mol. The maximum Gasteiger partial charge on any atom is 0.419 e. The van der Waals surface area contributed by atoms with E-state index in [0.29, 0.717) is 11.8 Å². The van der Waals surface area contributed by atoms with Gasteiger partial charge in [0.25, 0.3) is 10.1 Å². The van der Waals surface area contributed by atoms with E-state index in [1.165, 1.54) is 6.42 Å². The molecule has 4 saturated carbocycles. The molecule has 4 aliphatic rings. The smallest absolute Gasteiger partial charge is 0.419 e. The lowest BCUT2D eigenvalue weighted by molar-refractivity contribution is -0.184. The van der Waals surface area contributed by atoms with E-state index in [0.717, 1.165) is 43.9 Å². The van der Waals surface area contributed by atoms with Crippen LogP contribution < -0.4 is 4.74 Å². The molecule has 0 atom stereocenters. The standard InChI is InChI=1S/C23H29F3O6S/c1-13(2)22(17-8-14-7-15(10-17)11-18(22)9-14)32-20-12-16(3-4-19(20)23(24,25)26)21(27)31-5-6-33(28,29)30/h3-4,12-15,17-18H,5-11H2,1-2H3,(H,28,29,30). The highest BCUT2D eigenvalue weighted by Crippen LogP contribution is 2.62. The predicted octanol–water partition coefficient (Wildman–Crippen LogP) is 4.98. The largest absolute Gasteiger partial charge is 0.486 e. The SMILES string of the molecule is CC(C)C1(Oc2cc(C(=O)OCCS(=O)(=O)O)ccc2C(F)(F)F)C2CC3CC(C2)CC1C3. The van der Waals surface area contributed by atoms with Crippen LogP contribution in [-0.2, 0) is 21.0 Å². The lowest BCUT2D eigenvalue weighted by atomic mass is 9.47. The third-order valence-corrected chi connectivity index (χ3v) is 8.38. The molecule has 4 aliphatic carbocycles. The Kier molecular flexibility index (Phi) is 6.22. The van der Waals surface area contributed by atoms with E-state index >= 15 is 0 Å². The van der Waals surface area contributed by atoms with Gasteiger partial charge in [-0.15, -0.1) is 0 Å². The van der Waals surface area contributed by atoms with Crippen LogP contribution in [0.5, 0.6) is 5.75 Å². The lowest BCUT2D eigenvalue weighted by Gasteiger charge is -2.62. The van der Waals surface area contributed by atoms with Gasteiger partial charge in [-0.2, -0.15) is 21.6 Å². The normalized spacial score (nSPS) is 31.1. The maximum atomic E-state index is 13.9. The Balaban J connectivity index is 1.66. The van der Waals surface area contributed by atoms with Gasteiger partial charge in [0.2, 0.25) is 0 Å². The van der Waals surface area contributed by atoms with E-state index in [9.17, 15) is 26.4 Å². The molecule has 1 aromatic rings. The van der Waals surface area contributed by atoms with Crippen molar-refractivity contribution < 1.29 is 40.4 Å². The van der Waals surface area contributed by atoms with Crippen LogP contribution in [0.15, 0.2) is 18.2 Å². The summed E-state index contributed by atoms with van der Waals surface area (Å²) in [6.45, 7) is 3.36. The van der Waals surface area contributed by atoms with E-state index in [2.05, 4.69) is 0 Å². The molecule has 0 heterocycles. The Morgan fingerprint density at radius 2 is 1.70 bits per heavy atom. The van der Waals surface area contributed by atoms with Crippen molar-refractivity contribution in [3.8, 4) is 5.75 Å². The zero-order valence-electron chi connectivity index (χ0n) is 18.6. The molecular formula is C23H29F3O6S. The summed E-state index contributed by atoms with van der Waals surface area (Å²) < 4.78 is 83.2. The van der Waals surface area contributed by atoms with Gasteiger partial charge in [-0.3, -0.25) is 4.55 Å². The van der Waals surface area contributed by atoms with Gasteiger partial charge in [0.1, 0.15) is 23.7 Å². The molecule has 4 bridgehead atoms. The summed E-state index contributed by atoms with van der Waals surface area (Å²) in [5.74, 6) is -0.651. The first kappa shape index (κ1) is 24.3. The molecule has 0 spiro atoms. The molecule has 0 radical (unpaired) electrons. The van der Waals surface area contributed by atoms with Gasteiger partial charge >= 0.3 is 12.1 Å². The summed E-state index contributed by atoms with van der Waals surface area (Å²) >= 11 is 0. The monoisotopic (exact) mass is 490 g/mol.